The lowest BCUT2D eigenvalue weighted by Gasteiger charge is -2.63. The fourth-order valence-corrected chi connectivity index (χ4v) is 11.4. The van der Waals surface area contributed by atoms with E-state index in [-0.39, 0.29) is 11.5 Å². The molecule has 5 rings (SSSR count). The molecule has 0 aromatic heterocycles. The molecule has 5 aliphatic carbocycles. The summed E-state index contributed by atoms with van der Waals surface area (Å²) < 4.78 is 0. The van der Waals surface area contributed by atoms with E-state index in [9.17, 15) is 5.11 Å². The predicted octanol–water partition coefficient (Wildman–Crippen LogP) is 8.49. The Kier molecular flexibility index (Phi) is 5.36. The average Bonchev–Trinajstić information content (AvgIpc) is 3.31. The lowest BCUT2D eigenvalue weighted by atomic mass is 9.41. The van der Waals surface area contributed by atoms with Gasteiger partial charge in [0, 0.05) is 0 Å². The summed E-state index contributed by atoms with van der Waals surface area (Å²) in [4.78, 5) is 0. The molecule has 10 unspecified atom stereocenters. The van der Waals surface area contributed by atoms with Gasteiger partial charge in [-0.15, -0.1) is 0 Å². The molecule has 2 spiro atoms. The summed E-state index contributed by atoms with van der Waals surface area (Å²) in [6.45, 7) is 20.2. The second-order valence-corrected chi connectivity index (χ2v) is 15.3. The van der Waals surface area contributed by atoms with Crippen LogP contribution in [0.1, 0.15) is 126 Å². The predicted molar refractivity (Wildman–Crippen MR) is 135 cm³/mol. The van der Waals surface area contributed by atoms with Crippen molar-refractivity contribution in [1.29, 1.82) is 0 Å². The Bertz CT molecular complexity index is 739. The van der Waals surface area contributed by atoms with Crippen LogP contribution in [0.3, 0.4) is 0 Å². The molecule has 0 heterocycles. The number of aliphatic hydroxyl groups excluding tert-OH is 1. The van der Waals surface area contributed by atoms with E-state index in [1.165, 1.54) is 64.2 Å². The molecule has 0 aromatic rings. The van der Waals surface area contributed by atoms with Crippen LogP contribution < -0.4 is 0 Å². The molecule has 5 aliphatic rings. The van der Waals surface area contributed by atoms with E-state index in [2.05, 4.69) is 55.4 Å². The first-order chi connectivity index (χ1) is 14.9. The zero-order valence-corrected chi connectivity index (χ0v) is 22.8. The van der Waals surface area contributed by atoms with Gasteiger partial charge in [0.1, 0.15) is 0 Å². The molecule has 0 amide bonds. The minimum absolute atomic E-state index is 0.0818. The first kappa shape index (κ1) is 23.7. The van der Waals surface area contributed by atoms with Crippen molar-refractivity contribution >= 4 is 0 Å². The van der Waals surface area contributed by atoms with Gasteiger partial charge in [-0.05, 0) is 120 Å². The molecule has 5 saturated carbocycles. The molecule has 1 N–H and O–H groups in total. The maximum Gasteiger partial charge on any atom is 0.0594 e. The third-order valence-electron chi connectivity index (χ3n) is 14.1. The van der Waals surface area contributed by atoms with E-state index in [0.29, 0.717) is 21.7 Å². The molecule has 1 nitrogen and oxygen atoms in total. The molecular weight excluding hydrogens is 388 g/mol. The van der Waals surface area contributed by atoms with Crippen LogP contribution in [-0.4, -0.2) is 11.2 Å². The zero-order valence-electron chi connectivity index (χ0n) is 22.8. The number of fused-ring (bicyclic) bond motifs is 2. The van der Waals surface area contributed by atoms with Crippen LogP contribution in [0.15, 0.2) is 0 Å². The lowest BCUT2D eigenvalue weighted by molar-refractivity contribution is -0.161. The van der Waals surface area contributed by atoms with E-state index in [1.54, 1.807) is 0 Å². The Morgan fingerprint density at radius 2 is 1.38 bits per heavy atom. The van der Waals surface area contributed by atoms with Crippen molar-refractivity contribution in [3.63, 3.8) is 0 Å². The van der Waals surface area contributed by atoms with Crippen LogP contribution in [0.2, 0.25) is 0 Å². The molecule has 0 bridgehead atoms. The van der Waals surface area contributed by atoms with Crippen molar-refractivity contribution in [2.45, 2.75) is 132 Å². The van der Waals surface area contributed by atoms with Crippen LogP contribution in [0, 0.1) is 62.6 Å². The monoisotopic (exact) mass is 442 g/mol. The van der Waals surface area contributed by atoms with E-state index >= 15 is 0 Å². The van der Waals surface area contributed by atoms with Gasteiger partial charge in [-0.25, -0.2) is 0 Å². The molecule has 0 aliphatic heterocycles. The van der Waals surface area contributed by atoms with Gasteiger partial charge in [-0.2, -0.15) is 0 Å². The van der Waals surface area contributed by atoms with Crippen LogP contribution in [0.4, 0.5) is 0 Å². The maximum atomic E-state index is 10.9. The third kappa shape index (κ3) is 2.79. The van der Waals surface area contributed by atoms with Gasteiger partial charge in [0.15, 0.2) is 0 Å². The summed E-state index contributed by atoms with van der Waals surface area (Å²) in [6.07, 6.45) is 15.4. The summed E-state index contributed by atoms with van der Waals surface area (Å²) in [6, 6.07) is 0. The Morgan fingerprint density at radius 1 is 0.719 bits per heavy atom. The molecule has 0 radical (unpaired) electrons. The van der Waals surface area contributed by atoms with Gasteiger partial charge in [-0.3, -0.25) is 0 Å². The fraction of sp³-hybridized carbons (Fsp3) is 1.00. The highest BCUT2D eigenvalue weighted by Crippen LogP contribution is 2.89. The zero-order chi connectivity index (χ0) is 23.3. The lowest BCUT2D eigenvalue weighted by Crippen LogP contribution is -2.57. The summed E-state index contributed by atoms with van der Waals surface area (Å²) in [5.74, 6) is 5.20. The largest absolute Gasteiger partial charge is 0.393 e. The molecule has 0 aromatic carbocycles. The Hall–Kier alpha value is -0.0400. The molecule has 5 fully saturated rings. The minimum atomic E-state index is -0.0818. The maximum absolute atomic E-state index is 10.9. The van der Waals surface area contributed by atoms with Crippen LogP contribution >= 0.6 is 0 Å². The molecule has 184 valence electrons. The van der Waals surface area contributed by atoms with Gasteiger partial charge < -0.3 is 5.11 Å². The standard InChI is InChI=1S/C31H54O/c1-20(2)21(3)9-10-22(4)23-13-15-29(8)25-12-11-24-27(5,6)26(32)14-16-30(24)19-31(25,30)18-17-28(23,29)7/h20-26,32H,9-19H2,1-8H3. The van der Waals surface area contributed by atoms with E-state index in [0.717, 1.165) is 41.9 Å². The van der Waals surface area contributed by atoms with Crippen molar-refractivity contribution < 1.29 is 5.11 Å². The quantitative estimate of drug-likeness (QED) is 0.452. The van der Waals surface area contributed by atoms with Gasteiger partial charge in [0.05, 0.1) is 6.10 Å². The second-order valence-electron chi connectivity index (χ2n) is 15.3. The number of rotatable bonds is 5. The molecular formula is C31H54O. The molecule has 1 heteroatoms. The van der Waals surface area contributed by atoms with E-state index in [4.69, 9.17) is 0 Å². The number of aliphatic hydroxyl groups is 1. The topological polar surface area (TPSA) is 20.2 Å². The van der Waals surface area contributed by atoms with E-state index in [1.807, 2.05) is 0 Å². The highest BCUT2D eigenvalue weighted by molar-refractivity contribution is 5.30. The highest BCUT2D eigenvalue weighted by Gasteiger charge is 2.82. The third-order valence-corrected chi connectivity index (χ3v) is 14.1. The smallest absolute Gasteiger partial charge is 0.0594 e. The Morgan fingerprint density at radius 3 is 2.06 bits per heavy atom. The van der Waals surface area contributed by atoms with Gasteiger partial charge >= 0.3 is 0 Å². The highest BCUT2D eigenvalue weighted by atomic mass is 16.3. The van der Waals surface area contributed by atoms with Crippen molar-refractivity contribution in [3.8, 4) is 0 Å². The summed E-state index contributed by atoms with van der Waals surface area (Å²) in [7, 11) is 0. The van der Waals surface area contributed by atoms with Crippen molar-refractivity contribution in [1.82, 2.24) is 0 Å². The van der Waals surface area contributed by atoms with E-state index < -0.39 is 0 Å². The average molecular weight is 443 g/mol. The Balaban J connectivity index is 1.38. The Labute approximate surface area is 199 Å². The first-order valence-electron chi connectivity index (χ1n) is 14.5. The second kappa shape index (κ2) is 7.24. The van der Waals surface area contributed by atoms with Crippen molar-refractivity contribution in [2.24, 2.45) is 62.6 Å². The number of hydrogen-bond acceptors (Lipinski definition) is 1. The van der Waals surface area contributed by atoms with Gasteiger partial charge in [-0.1, -0.05) is 68.2 Å². The SMILES string of the molecule is CC(C)C(C)CCC(C)C1CCC2(C)C3CCC4C(C)(C)C(O)CCC45CC35CCC12C. The summed E-state index contributed by atoms with van der Waals surface area (Å²) in [5.41, 5.74) is 2.42. The number of hydrogen-bond donors (Lipinski definition) is 1. The first-order valence-corrected chi connectivity index (χ1v) is 14.5. The van der Waals surface area contributed by atoms with Gasteiger partial charge in [0.25, 0.3) is 0 Å². The van der Waals surface area contributed by atoms with Crippen LogP contribution in [0.5, 0.6) is 0 Å². The normalized spacial score (nSPS) is 53.1. The molecule has 10 atom stereocenters. The van der Waals surface area contributed by atoms with Crippen LogP contribution in [-0.2, 0) is 0 Å². The van der Waals surface area contributed by atoms with Crippen molar-refractivity contribution in [2.75, 3.05) is 0 Å². The van der Waals surface area contributed by atoms with Crippen LogP contribution in [0.25, 0.3) is 0 Å². The van der Waals surface area contributed by atoms with Gasteiger partial charge in [0.2, 0.25) is 0 Å². The summed E-state index contributed by atoms with van der Waals surface area (Å²) >= 11 is 0. The molecule has 0 saturated heterocycles. The molecule has 32 heavy (non-hydrogen) atoms. The fourth-order valence-electron chi connectivity index (χ4n) is 11.4. The van der Waals surface area contributed by atoms with Crippen molar-refractivity contribution in [3.05, 3.63) is 0 Å². The summed E-state index contributed by atoms with van der Waals surface area (Å²) in [5, 5.41) is 10.9. The minimum Gasteiger partial charge on any atom is -0.393 e.